The molecule has 2 fully saturated rings. The molecular formula is C24H31FN4O4S. The van der Waals surface area contributed by atoms with E-state index in [1.54, 1.807) is 25.4 Å². The number of hydrogen-bond acceptors (Lipinski definition) is 6. The van der Waals surface area contributed by atoms with Gasteiger partial charge in [-0.1, -0.05) is 0 Å². The third kappa shape index (κ3) is 6.24. The van der Waals surface area contributed by atoms with Gasteiger partial charge < -0.3 is 15.0 Å². The summed E-state index contributed by atoms with van der Waals surface area (Å²) >= 11 is 0. The average Bonchev–Trinajstić information content (AvgIpc) is 3.56. The number of nitrogens with zero attached hydrogens (tertiary/aromatic N) is 2. The number of nitrogens with one attached hydrogen (secondary N) is 2. The first kappa shape index (κ1) is 24.4. The zero-order chi connectivity index (χ0) is 24.3. The highest BCUT2D eigenvalue weighted by Crippen LogP contribution is 2.41. The van der Waals surface area contributed by atoms with Crippen LogP contribution in [-0.4, -0.2) is 57.8 Å². The topological polar surface area (TPSA) is 101 Å². The summed E-state index contributed by atoms with van der Waals surface area (Å²) in [6.07, 6.45) is 6.77. The van der Waals surface area contributed by atoms with Gasteiger partial charge in [-0.25, -0.2) is 17.5 Å². The number of anilines is 1. The van der Waals surface area contributed by atoms with E-state index in [2.05, 4.69) is 19.9 Å². The van der Waals surface area contributed by atoms with Crippen molar-refractivity contribution < 1.29 is 22.3 Å². The quantitative estimate of drug-likeness (QED) is 0.560. The number of ether oxygens (including phenoxy) is 1. The summed E-state index contributed by atoms with van der Waals surface area (Å²) in [5.74, 6) is 0.206. The molecule has 2 aromatic rings. The molecule has 0 radical (unpaired) electrons. The van der Waals surface area contributed by atoms with Gasteiger partial charge in [0.25, 0.3) is 5.91 Å². The Kier molecular flexibility index (Phi) is 7.09. The Balaban J connectivity index is 1.42. The van der Waals surface area contributed by atoms with Crippen LogP contribution in [0.2, 0.25) is 0 Å². The van der Waals surface area contributed by atoms with Gasteiger partial charge in [-0.3, -0.25) is 9.78 Å². The Labute approximate surface area is 200 Å². The smallest absolute Gasteiger partial charge is 0.270 e. The summed E-state index contributed by atoms with van der Waals surface area (Å²) in [6.45, 7) is 1.94. The second-order valence-electron chi connectivity index (χ2n) is 9.34. The van der Waals surface area contributed by atoms with Crippen molar-refractivity contribution in [2.45, 2.75) is 37.6 Å². The van der Waals surface area contributed by atoms with Crippen LogP contribution in [0.1, 0.15) is 41.7 Å². The molecule has 4 rings (SSSR count). The lowest BCUT2D eigenvalue weighted by molar-refractivity contribution is 0.0926. The fourth-order valence-electron chi connectivity index (χ4n) is 4.53. The van der Waals surface area contributed by atoms with E-state index in [9.17, 15) is 17.6 Å². The number of pyridine rings is 1. The Hall–Kier alpha value is -2.72. The Morgan fingerprint density at radius 2 is 2.09 bits per heavy atom. The molecule has 1 aliphatic carbocycles. The Bertz CT molecular complexity index is 1150. The summed E-state index contributed by atoms with van der Waals surface area (Å²) in [4.78, 5) is 19.5. The van der Waals surface area contributed by atoms with E-state index in [-0.39, 0.29) is 17.6 Å². The monoisotopic (exact) mass is 490 g/mol. The molecule has 2 N–H and O–H groups in total. The molecule has 1 unspecified atom stereocenters. The Morgan fingerprint density at radius 1 is 1.29 bits per heavy atom. The summed E-state index contributed by atoms with van der Waals surface area (Å²) in [5, 5.41) is 3.10. The van der Waals surface area contributed by atoms with Crippen molar-refractivity contribution in [3.8, 4) is 5.75 Å². The first-order valence-electron chi connectivity index (χ1n) is 11.5. The van der Waals surface area contributed by atoms with E-state index in [1.165, 1.54) is 18.4 Å². The summed E-state index contributed by atoms with van der Waals surface area (Å²) in [5.41, 5.74) is 1.51. The van der Waals surface area contributed by atoms with Crippen LogP contribution in [0.5, 0.6) is 5.75 Å². The van der Waals surface area contributed by atoms with Crippen LogP contribution >= 0.6 is 0 Å². The standard InChI is InChI=1S/C24H31FN4O4S/c1-33-22-6-5-19(25)12-18(22)14-24(8-9-24)28-23(30)21-13-20(7-10-26-21)29-11-3-4-17(16-29)15-27-34(2,31)32/h5-7,10,12-13,17,27H,3-4,8-9,11,14-16H2,1-2H3,(H,28,30). The van der Waals surface area contributed by atoms with Crippen LogP contribution in [0.3, 0.4) is 0 Å². The molecule has 10 heteroatoms. The molecule has 34 heavy (non-hydrogen) atoms. The fraction of sp³-hybridized carbons (Fsp3) is 0.500. The van der Waals surface area contributed by atoms with Gasteiger partial charge in [-0.15, -0.1) is 0 Å². The van der Waals surface area contributed by atoms with Crippen molar-refractivity contribution in [2.24, 2.45) is 5.92 Å². The van der Waals surface area contributed by atoms with Gasteiger partial charge in [-0.05, 0) is 73.9 Å². The lowest BCUT2D eigenvalue weighted by Crippen LogP contribution is -2.41. The first-order valence-corrected chi connectivity index (χ1v) is 13.4. The van der Waals surface area contributed by atoms with E-state index < -0.39 is 15.6 Å². The molecule has 2 heterocycles. The van der Waals surface area contributed by atoms with Crippen LogP contribution < -0.4 is 19.7 Å². The van der Waals surface area contributed by atoms with Gasteiger partial charge >= 0.3 is 0 Å². The summed E-state index contributed by atoms with van der Waals surface area (Å²) in [7, 11) is -1.68. The number of amides is 1. The van der Waals surface area contributed by atoms with Gasteiger partial charge in [-0.2, -0.15) is 0 Å². The van der Waals surface area contributed by atoms with Crippen LogP contribution in [0, 0.1) is 11.7 Å². The number of aromatic nitrogens is 1. The molecule has 0 spiro atoms. The van der Waals surface area contributed by atoms with Crippen LogP contribution in [0.4, 0.5) is 10.1 Å². The van der Waals surface area contributed by atoms with Gasteiger partial charge in [0.15, 0.2) is 0 Å². The molecule has 1 saturated heterocycles. The molecule has 8 nitrogen and oxygen atoms in total. The van der Waals surface area contributed by atoms with Crippen molar-refractivity contribution in [2.75, 3.05) is 37.9 Å². The second kappa shape index (κ2) is 9.87. The highest BCUT2D eigenvalue weighted by Gasteiger charge is 2.45. The predicted molar refractivity (Wildman–Crippen MR) is 128 cm³/mol. The molecule has 1 aliphatic heterocycles. The van der Waals surface area contributed by atoms with Gasteiger partial charge in [0.05, 0.1) is 13.4 Å². The number of benzene rings is 1. The molecule has 0 bridgehead atoms. The third-order valence-corrected chi connectivity index (χ3v) is 7.19. The van der Waals surface area contributed by atoms with Crippen molar-refractivity contribution in [3.63, 3.8) is 0 Å². The molecule has 1 saturated carbocycles. The van der Waals surface area contributed by atoms with Crippen molar-refractivity contribution >= 4 is 21.6 Å². The number of halogens is 1. The number of sulfonamides is 1. The van der Waals surface area contributed by atoms with Gasteiger partial charge in [0.1, 0.15) is 17.3 Å². The number of carbonyl (C=O) groups is 1. The average molecular weight is 491 g/mol. The highest BCUT2D eigenvalue weighted by atomic mass is 32.2. The Morgan fingerprint density at radius 3 is 2.79 bits per heavy atom. The fourth-order valence-corrected chi connectivity index (χ4v) is 5.07. The zero-order valence-corrected chi connectivity index (χ0v) is 20.3. The molecule has 184 valence electrons. The van der Waals surface area contributed by atoms with Crippen molar-refractivity contribution in [1.82, 2.24) is 15.0 Å². The highest BCUT2D eigenvalue weighted by molar-refractivity contribution is 7.88. The zero-order valence-electron chi connectivity index (χ0n) is 19.5. The maximum absolute atomic E-state index is 13.8. The van der Waals surface area contributed by atoms with Crippen molar-refractivity contribution in [1.29, 1.82) is 0 Å². The van der Waals surface area contributed by atoms with E-state index in [0.29, 0.717) is 31.0 Å². The minimum absolute atomic E-state index is 0.199. The minimum atomic E-state index is -3.22. The lowest BCUT2D eigenvalue weighted by Gasteiger charge is -2.34. The van der Waals surface area contributed by atoms with Gasteiger partial charge in [0.2, 0.25) is 10.0 Å². The second-order valence-corrected chi connectivity index (χ2v) is 11.2. The molecule has 1 atom stereocenters. The maximum atomic E-state index is 13.8. The molecule has 1 amide bonds. The van der Waals surface area contributed by atoms with Crippen molar-refractivity contribution in [3.05, 3.63) is 53.6 Å². The van der Waals surface area contributed by atoms with Crippen LogP contribution in [-0.2, 0) is 16.4 Å². The van der Waals surface area contributed by atoms with E-state index in [4.69, 9.17) is 4.74 Å². The van der Waals surface area contributed by atoms with Gasteiger partial charge in [0, 0.05) is 37.1 Å². The SMILES string of the molecule is COc1ccc(F)cc1CC1(NC(=O)c2cc(N3CCCC(CNS(C)(=O)=O)C3)ccn2)CC1. The molecule has 2 aliphatic rings. The van der Waals surface area contributed by atoms with E-state index >= 15 is 0 Å². The summed E-state index contributed by atoms with van der Waals surface area (Å²) in [6, 6.07) is 8.06. The molecular weight excluding hydrogens is 459 g/mol. The first-order chi connectivity index (χ1) is 16.2. The van der Waals surface area contributed by atoms with Crippen LogP contribution in [0.15, 0.2) is 36.5 Å². The number of hydrogen-bond donors (Lipinski definition) is 2. The minimum Gasteiger partial charge on any atom is -0.496 e. The van der Waals surface area contributed by atoms with E-state index in [0.717, 1.165) is 43.5 Å². The molecule has 1 aromatic heterocycles. The number of piperidine rings is 1. The normalized spacial score (nSPS) is 19.5. The number of rotatable bonds is 9. The number of carbonyl (C=O) groups excluding carboxylic acids is 1. The predicted octanol–water partition coefficient (Wildman–Crippen LogP) is 2.50. The van der Waals surface area contributed by atoms with Crippen LogP contribution in [0.25, 0.3) is 0 Å². The number of methoxy groups -OCH3 is 1. The van der Waals surface area contributed by atoms with E-state index in [1.807, 2.05) is 6.07 Å². The third-order valence-electron chi connectivity index (χ3n) is 6.50. The molecule has 1 aromatic carbocycles. The maximum Gasteiger partial charge on any atom is 0.270 e. The lowest BCUT2D eigenvalue weighted by atomic mass is 9.98. The summed E-state index contributed by atoms with van der Waals surface area (Å²) < 4.78 is 44.6. The largest absolute Gasteiger partial charge is 0.496 e.